The maximum Gasteiger partial charge on any atom is 0.437 e. The summed E-state index contributed by atoms with van der Waals surface area (Å²) in [6, 6.07) is 4.03. The molecule has 0 bridgehead atoms. The van der Waals surface area contributed by atoms with Crippen molar-refractivity contribution in [2.24, 2.45) is 0 Å². The highest BCUT2D eigenvalue weighted by Gasteiger charge is 2.23. The minimum absolute atomic E-state index is 0.0301. The molecule has 6 nitrogen and oxygen atoms in total. The lowest BCUT2D eigenvalue weighted by molar-refractivity contribution is 0.0868. The summed E-state index contributed by atoms with van der Waals surface area (Å²) in [5.41, 5.74) is 2.84. The van der Waals surface area contributed by atoms with Crippen molar-refractivity contribution in [2.75, 3.05) is 6.61 Å². The highest BCUT2D eigenvalue weighted by Crippen LogP contribution is 2.25. The molecule has 0 fully saturated rings. The summed E-state index contributed by atoms with van der Waals surface area (Å²) in [6.45, 7) is 11.8. The standard InChI is InChI=1S/C18H26N2O4/c1-11-7-8-12(2)15(13(11)3)23-10-14(21)9-20-17(22)24-16(19-20)18(4,5)6/h7-8,14,21H,9-10H2,1-6H3. The molecule has 1 unspecified atom stereocenters. The van der Waals surface area contributed by atoms with E-state index in [1.165, 1.54) is 0 Å². The molecule has 2 aromatic rings. The van der Waals surface area contributed by atoms with Crippen molar-refractivity contribution in [3.63, 3.8) is 0 Å². The quantitative estimate of drug-likeness (QED) is 0.909. The van der Waals surface area contributed by atoms with Crippen LogP contribution in [-0.2, 0) is 12.0 Å². The SMILES string of the molecule is Cc1ccc(C)c(OCC(O)Cn2nc(C(C)(C)C)oc2=O)c1C. The van der Waals surface area contributed by atoms with Gasteiger partial charge in [0.15, 0.2) is 0 Å². The minimum atomic E-state index is -0.861. The Morgan fingerprint density at radius 1 is 1.25 bits per heavy atom. The summed E-state index contributed by atoms with van der Waals surface area (Å²) in [5, 5.41) is 14.3. The fourth-order valence-electron chi connectivity index (χ4n) is 2.30. The Bertz CT molecular complexity index is 768. The predicted molar refractivity (Wildman–Crippen MR) is 91.6 cm³/mol. The fourth-order valence-corrected chi connectivity index (χ4v) is 2.30. The Morgan fingerprint density at radius 2 is 1.88 bits per heavy atom. The van der Waals surface area contributed by atoms with E-state index in [4.69, 9.17) is 9.15 Å². The Balaban J connectivity index is 2.05. The lowest BCUT2D eigenvalue weighted by Crippen LogP contribution is -2.29. The van der Waals surface area contributed by atoms with E-state index in [9.17, 15) is 9.90 Å². The molecule has 1 N–H and O–H groups in total. The van der Waals surface area contributed by atoms with Crippen LogP contribution in [0.2, 0.25) is 0 Å². The number of nitrogens with zero attached hydrogens (tertiary/aromatic N) is 2. The molecule has 0 saturated carbocycles. The molecule has 1 heterocycles. The van der Waals surface area contributed by atoms with Crippen LogP contribution in [0.4, 0.5) is 0 Å². The third kappa shape index (κ3) is 4.06. The molecule has 0 aliphatic carbocycles. The van der Waals surface area contributed by atoms with Crippen LogP contribution in [-0.4, -0.2) is 27.6 Å². The number of ether oxygens (including phenoxy) is 1. The van der Waals surface area contributed by atoms with Crippen molar-refractivity contribution in [1.82, 2.24) is 9.78 Å². The molecule has 0 amide bonds. The van der Waals surface area contributed by atoms with E-state index in [0.29, 0.717) is 5.89 Å². The number of rotatable bonds is 5. The zero-order valence-corrected chi connectivity index (χ0v) is 15.2. The fraction of sp³-hybridized carbons (Fsp3) is 0.556. The lowest BCUT2D eigenvalue weighted by atomic mass is 9.97. The van der Waals surface area contributed by atoms with Crippen LogP contribution in [0.5, 0.6) is 5.75 Å². The first-order valence-corrected chi connectivity index (χ1v) is 8.05. The second kappa shape index (κ2) is 6.81. The molecule has 1 aromatic carbocycles. The van der Waals surface area contributed by atoms with Crippen molar-refractivity contribution in [3.8, 4) is 5.75 Å². The third-order valence-electron chi connectivity index (χ3n) is 3.93. The first kappa shape index (κ1) is 18.3. The third-order valence-corrected chi connectivity index (χ3v) is 3.93. The van der Waals surface area contributed by atoms with Gasteiger partial charge in [0.25, 0.3) is 0 Å². The summed E-state index contributed by atoms with van der Waals surface area (Å²) in [4.78, 5) is 11.8. The average Bonchev–Trinajstić information content (AvgIpc) is 2.84. The minimum Gasteiger partial charge on any atom is -0.490 e. The summed E-state index contributed by atoms with van der Waals surface area (Å²) in [5.74, 6) is 0.560. The number of hydrogen-bond donors (Lipinski definition) is 1. The van der Waals surface area contributed by atoms with E-state index >= 15 is 0 Å². The van der Waals surface area contributed by atoms with Gasteiger partial charge in [0.1, 0.15) is 18.5 Å². The van der Waals surface area contributed by atoms with Gasteiger partial charge in [-0.3, -0.25) is 0 Å². The van der Waals surface area contributed by atoms with Crippen molar-refractivity contribution in [3.05, 3.63) is 45.3 Å². The molecule has 0 saturated heterocycles. The molecule has 0 aliphatic heterocycles. The topological polar surface area (TPSA) is 77.5 Å². The summed E-state index contributed by atoms with van der Waals surface area (Å²) in [6.07, 6.45) is -0.861. The number of benzene rings is 1. The van der Waals surface area contributed by atoms with Gasteiger partial charge in [0, 0.05) is 5.41 Å². The van der Waals surface area contributed by atoms with Crippen molar-refractivity contribution in [2.45, 2.75) is 59.6 Å². The largest absolute Gasteiger partial charge is 0.490 e. The van der Waals surface area contributed by atoms with Crippen LogP contribution in [0, 0.1) is 20.8 Å². The Morgan fingerprint density at radius 3 is 2.46 bits per heavy atom. The van der Waals surface area contributed by atoms with Gasteiger partial charge >= 0.3 is 5.76 Å². The number of aromatic nitrogens is 2. The molecule has 0 spiro atoms. The monoisotopic (exact) mass is 334 g/mol. The van der Waals surface area contributed by atoms with E-state index in [2.05, 4.69) is 5.10 Å². The van der Waals surface area contributed by atoms with Crippen LogP contribution in [0.25, 0.3) is 0 Å². The zero-order chi connectivity index (χ0) is 18.1. The lowest BCUT2D eigenvalue weighted by Gasteiger charge is -2.16. The molecule has 0 radical (unpaired) electrons. The van der Waals surface area contributed by atoms with E-state index < -0.39 is 11.9 Å². The number of aryl methyl sites for hydroxylation is 2. The smallest absolute Gasteiger partial charge is 0.437 e. The van der Waals surface area contributed by atoms with Crippen molar-refractivity contribution >= 4 is 0 Å². The van der Waals surface area contributed by atoms with Crippen LogP contribution >= 0.6 is 0 Å². The second-order valence-electron chi connectivity index (χ2n) is 7.22. The molecular weight excluding hydrogens is 308 g/mol. The highest BCUT2D eigenvalue weighted by atomic mass is 16.5. The molecule has 1 atom stereocenters. The van der Waals surface area contributed by atoms with Crippen LogP contribution in [0.15, 0.2) is 21.3 Å². The summed E-state index contributed by atoms with van der Waals surface area (Å²) in [7, 11) is 0. The van der Waals surface area contributed by atoms with E-state index in [1.807, 2.05) is 53.7 Å². The molecule has 2 rings (SSSR count). The van der Waals surface area contributed by atoms with Gasteiger partial charge in [-0.2, -0.15) is 4.68 Å². The Labute approximate surface area is 142 Å². The molecular formula is C18H26N2O4. The number of aliphatic hydroxyl groups is 1. The van der Waals surface area contributed by atoms with Gasteiger partial charge in [-0.15, -0.1) is 5.10 Å². The van der Waals surface area contributed by atoms with E-state index in [1.54, 1.807) is 0 Å². The maximum atomic E-state index is 11.8. The number of aliphatic hydroxyl groups excluding tert-OH is 1. The Kier molecular flexibility index (Phi) is 5.18. The van der Waals surface area contributed by atoms with Crippen LogP contribution < -0.4 is 10.5 Å². The van der Waals surface area contributed by atoms with E-state index in [-0.39, 0.29) is 18.6 Å². The highest BCUT2D eigenvalue weighted by molar-refractivity contribution is 5.44. The molecule has 132 valence electrons. The first-order valence-electron chi connectivity index (χ1n) is 8.05. The van der Waals surface area contributed by atoms with Gasteiger partial charge in [-0.25, -0.2) is 4.79 Å². The van der Waals surface area contributed by atoms with Gasteiger partial charge < -0.3 is 14.3 Å². The molecule has 0 aliphatic rings. The normalized spacial score (nSPS) is 13.1. The van der Waals surface area contributed by atoms with Crippen molar-refractivity contribution < 1.29 is 14.3 Å². The van der Waals surface area contributed by atoms with Gasteiger partial charge in [-0.05, 0) is 37.5 Å². The summed E-state index contributed by atoms with van der Waals surface area (Å²) >= 11 is 0. The maximum absolute atomic E-state index is 11.8. The number of hydrogen-bond acceptors (Lipinski definition) is 5. The predicted octanol–water partition coefficient (Wildman–Crippen LogP) is 2.50. The summed E-state index contributed by atoms with van der Waals surface area (Å²) < 4.78 is 12.1. The Hall–Kier alpha value is -2.08. The van der Waals surface area contributed by atoms with Crippen LogP contribution in [0.1, 0.15) is 43.4 Å². The van der Waals surface area contributed by atoms with E-state index in [0.717, 1.165) is 27.1 Å². The molecule has 24 heavy (non-hydrogen) atoms. The molecule has 1 aromatic heterocycles. The van der Waals surface area contributed by atoms with Crippen molar-refractivity contribution in [1.29, 1.82) is 0 Å². The average molecular weight is 334 g/mol. The second-order valence-corrected chi connectivity index (χ2v) is 7.22. The van der Waals surface area contributed by atoms with Gasteiger partial charge in [-0.1, -0.05) is 32.9 Å². The first-order chi connectivity index (χ1) is 11.1. The van der Waals surface area contributed by atoms with Gasteiger partial charge in [0.05, 0.1) is 6.54 Å². The zero-order valence-electron chi connectivity index (χ0n) is 15.2. The molecule has 6 heteroatoms. The van der Waals surface area contributed by atoms with Gasteiger partial charge in [0.2, 0.25) is 5.89 Å². The van der Waals surface area contributed by atoms with Crippen LogP contribution in [0.3, 0.4) is 0 Å².